The highest BCUT2D eigenvalue weighted by Crippen LogP contribution is 2.34. The molecule has 0 saturated heterocycles. The first-order chi connectivity index (χ1) is 14.8. The van der Waals surface area contributed by atoms with Crippen molar-refractivity contribution in [2.24, 2.45) is 0 Å². The van der Waals surface area contributed by atoms with E-state index in [2.05, 4.69) is 15.0 Å². The molecule has 0 aliphatic heterocycles. The number of carbonyl (C=O) groups is 2. The number of aromatic carboxylic acids is 2. The Labute approximate surface area is 174 Å². The van der Waals surface area contributed by atoms with Crippen molar-refractivity contribution in [1.29, 1.82) is 0 Å². The van der Waals surface area contributed by atoms with E-state index in [4.69, 9.17) is 26.1 Å². The molecular weight excluding hydrogens is 402 g/mol. The summed E-state index contributed by atoms with van der Waals surface area (Å²) in [6.45, 7) is 0. The number of nitrogens with zero attached hydrogens (tertiary/aromatic N) is 3. The quantitative estimate of drug-likeness (QED) is 0.353. The van der Waals surface area contributed by atoms with E-state index < -0.39 is 17.8 Å². The molecule has 154 valence electrons. The Morgan fingerprint density at radius 1 is 0.774 bits per heavy atom. The van der Waals surface area contributed by atoms with Gasteiger partial charge in [-0.25, -0.2) is 24.5 Å². The van der Waals surface area contributed by atoms with E-state index >= 15 is 0 Å². The fraction of sp³-hybridized carbons (Fsp3) is 0. The molecule has 0 bridgehead atoms. The average molecular weight is 417 g/mol. The minimum Gasteiger partial charge on any atom is -0.478 e. The molecule has 0 atom stereocenters. The number of benzene rings is 2. The first-order valence-corrected chi connectivity index (χ1v) is 8.90. The van der Waals surface area contributed by atoms with Crippen LogP contribution in [0.2, 0.25) is 0 Å². The maximum atomic E-state index is 11.2. The Hall–Kier alpha value is -4.73. The van der Waals surface area contributed by atoms with Crippen LogP contribution in [-0.2, 0) is 0 Å². The van der Waals surface area contributed by atoms with Gasteiger partial charge in [0.25, 0.3) is 0 Å². The number of nitrogens with two attached hydrogens (primary N) is 2. The van der Waals surface area contributed by atoms with Gasteiger partial charge in [0.15, 0.2) is 17.3 Å². The van der Waals surface area contributed by atoms with E-state index in [-0.39, 0.29) is 22.8 Å². The summed E-state index contributed by atoms with van der Waals surface area (Å²) in [7, 11) is 0. The number of nitrogen functional groups attached to an aromatic ring is 2. The standard InChI is InChI=1S/C21H15N5O5/c22-13-7-5-11(6-8-13)15-16(10-1-3-12(4-2-10)20(27)28)26-18(23)17(25-15)14-9-24-19(31-14)21(29)30/h1-9H,22H2,(H2,23,26)(H,27,28)(H,29,30). The summed E-state index contributed by atoms with van der Waals surface area (Å²) in [5.74, 6) is -2.84. The van der Waals surface area contributed by atoms with E-state index in [1.165, 1.54) is 18.3 Å². The van der Waals surface area contributed by atoms with Crippen LogP contribution in [0.25, 0.3) is 34.0 Å². The molecule has 0 aliphatic carbocycles. The molecule has 2 aromatic carbocycles. The number of aromatic nitrogens is 3. The molecule has 6 N–H and O–H groups in total. The van der Waals surface area contributed by atoms with Crippen LogP contribution in [0, 0.1) is 0 Å². The Morgan fingerprint density at radius 3 is 1.90 bits per heavy atom. The number of rotatable bonds is 5. The lowest BCUT2D eigenvalue weighted by Crippen LogP contribution is -2.03. The minimum atomic E-state index is -1.33. The van der Waals surface area contributed by atoms with Crippen molar-refractivity contribution < 1.29 is 24.2 Å². The van der Waals surface area contributed by atoms with Gasteiger partial charge in [-0.2, -0.15) is 0 Å². The topological polar surface area (TPSA) is 178 Å². The van der Waals surface area contributed by atoms with Crippen molar-refractivity contribution in [2.75, 3.05) is 11.5 Å². The van der Waals surface area contributed by atoms with Crippen molar-refractivity contribution in [3.63, 3.8) is 0 Å². The largest absolute Gasteiger partial charge is 0.478 e. The monoisotopic (exact) mass is 417 g/mol. The number of hydrogen-bond donors (Lipinski definition) is 4. The highest BCUT2D eigenvalue weighted by molar-refractivity contribution is 5.89. The third-order valence-corrected chi connectivity index (χ3v) is 4.43. The van der Waals surface area contributed by atoms with Gasteiger partial charge < -0.3 is 26.1 Å². The summed E-state index contributed by atoms with van der Waals surface area (Å²) in [4.78, 5) is 35.0. The molecule has 31 heavy (non-hydrogen) atoms. The Balaban J connectivity index is 1.91. The van der Waals surface area contributed by atoms with Crippen LogP contribution >= 0.6 is 0 Å². The van der Waals surface area contributed by atoms with Gasteiger partial charge >= 0.3 is 17.8 Å². The second kappa shape index (κ2) is 7.59. The van der Waals surface area contributed by atoms with Crippen molar-refractivity contribution in [1.82, 2.24) is 15.0 Å². The normalized spacial score (nSPS) is 10.7. The van der Waals surface area contributed by atoms with E-state index in [1.54, 1.807) is 36.4 Å². The third-order valence-electron chi connectivity index (χ3n) is 4.43. The first-order valence-electron chi connectivity index (χ1n) is 8.90. The average Bonchev–Trinajstić information content (AvgIpc) is 3.25. The zero-order valence-corrected chi connectivity index (χ0v) is 15.8. The van der Waals surface area contributed by atoms with Gasteiger partial charge in [-0.1, -0.05) is 24.3 Å². The zero-order chi connectivity index (χ0) is 22.1. The highest BCUT2D eigenvalue weighted by Gasteiger charge is 2.21. The summed E-state index contributed by atoms with van der Waals surface area (Å²) >= 11 is 0. The van der Waals surface area contributed by atoms with Gasteiger partial charge in [-0.15, -0.1) is 0 Å². The molecule has 2 aromatic heterocycles. The van der Waals surface area contributed by atoms with Crippen LogP contribution in [0.4, 0.5) is 11.5 Å². The lowest BCUT2D eigenvalue weighted by atomic mass is 10.0. The molecule has 10 heteroatoms. The van der Waals surface area contributed by atoms with Gasteiger partial charge in [-0.05, 0) is 24.3 Å². The van der Waals surface area contributed by atoms with E-state index in [0.29, 0.717) is 28.2 Å². The predicted octanol–water partition coefficient (Wildman–Crippen LogP) is 3.03. The SMILES string of the molecule is Nc1ccc(-c2nc(-c3cnc(C(=O)O)o3)c(N)nc2-c2ccc(C(=O)O)cc2)cc1. The lowest BCUT2D eigenvalue weighted by molar-refractivity contribution is 0.0652. The number of oxazole rings is 1. The molecule has 0 saturated carbocycles. The zero-order valence-electron chi connectivity index (χ0n) is 15.8. The molecule has 0 radical (unpaired) electrons. The number of carboxylic acids is 2. The molecule has 0 aliphatic rings. The summed E-state index contributed by atoms with van der Waals surface area (Å²) < 4.78 is 5.23. The number of anilines is 2. The van der Waals surface area contributed by atoms with E-state index in [0.717, 1.165) is 0 Å². The molecule has 0 unspecified atom stereocenters. The lowest BCUT2D eigenvalue weighted by Gasteiger charge is -2.12. The first kappa shape index (κ1) is 19.6. The third kappa shape index (κ3) is 3.77. The van der Waals surface area contributed by atoms with E-state index in [9.17, 15) is 9.59 Å². The minimum absolute atomic E-state index is 0.00963. The molecule has 4 rings (SSSR count). The van der Waals surface area contributed by atoms with Crippen LogP contribution in [0.5, 0.6) is 0 Å². The van der Waals surface area contributed by atoms with Crippen molar-refractivity contribution in [3.05, 3.63) is 66.2 Å². The van der Waals surface area contributed by atoms with Crippen molar-refractivity contribution in [2.45, 2.75) is 0 Å². The Bertz CT molecular complexity index is 1300. The summed E-state index contributed by atoms with van der Waals surface area (Å²) in [5.41, 5.74) is 14.8. The van der Waals surface area contributed by atoms with Gasteiger partial charge in [0.1, 0.15) is 0 Å². The molecule has 0 fully saturated rings. The van der Waals surface area contributed by atoms with Crippen LogP contribution in [-0.4, -0.2) is 37.1 Å². The van der Waals surface area contributed by atoms with Gasteiger partial charge in [0.2, 0.25) is 0 Å². The number of hydrogen-bond acceptors (Lipinski definition) is 8. The number of carboxylic acid groups (broad SMARTS) is 2. The van der Waals surface area contributed by atoms with Crippen LogP contribution in [0.3, 0.4) is 0 Å². The highest BCUT2D eigenvalue weighted by atomic mass is 16.4. The Kier molecular flexibility index (Phi) is 4.80. The summed E-state index contributed by atoms with van der Waals surface area (Å²) in [5, 5.41) is 18.2. The maximum absolute atomic E-state index is 11.2. The Morgan fingerprint density at radius 2 is 1.35 bits per heavy atom. The van der Waals surface area contributed by atoms with Gasteiger partial charge in [0, 0.05) is 16.8 Å². The molecule has 2 heterocycles. The second-order valence-corrected chi connectivity index (χ2v) is 6.49. The maximum Gasteiger partial charge on any atom is 0.392 e. The van der Waals surface area contributed by atoms with Crippen molar-refractivity contribution >= 4 is 23.4 Å². The smallest absolute Gasteiger partial charge is 0.392 e. The molecule has 0 spiro atoms. The van der Waals surface area contributed by atoms with Gasteiger partial charge in [0.05, 0.1) is 23.1 Å². The fourth-order valence-corrected chi connectivity index (χ4v) is 2.93. The molecular formula is C21H15N5O5. The predicted molar refractivity (Wildman–Crippen MR) is 111 cm³/mol. The van der Waals surface area contributed by atoms with Crippen molar-refractivity contribution in [3.8, 4) is 34.0 Å². The summed E-state index contributed by atoms with van der Waals surface area (Å²) in [6.07, 6.45) is 1.21. The molecule has 0 amide bonds. The van der Waals surface area contributed by atoms with Crippen LogP contribution < -0.4 is 11.5 Å². The van der Waals surface area contributed by atoms with E-state index in [1.807, 2.05) is 0 Å². The molecule has 10 nitrogen and oxygen atoms in total. The van der Waals surface area contributed by atoms with Gasteiger partial charge in [-0.3, -0.25) is 0 Å². The van der Waals surface area contributed by atoms with Crippen LogP contribution in [0.1, 0.15) is 21.0 Å². The van der Waals surface area contributed by atoms with Crippen LogP contribution in [0.15, 0.2) is 59.1 Å². The second-order valence-electron chi connectivity index (χ2n) is 6.49. The molecule has 4 aromatic rings. The fourth-order valence-electron chi connectivity index (χ4n) is 2.93. The summed E-state index contributed by atoms with van der Waals surface area (Å²) in [6, 6.07) is 13.0.